The molecule has 4 N–H and O–H groups in total. The molecule has 0 saturated carbocycles. The summed E-state index contributed by atoms with van der Waals surface area (Å²) < 4.78 is 24.0. The molecule has 2 aliphatic heterocycles. The Balaban J connectivity index is 2.65. The molecule has 2 aliphatic rings. The molecule has 244 valence electrons. The lowest BCUT2D eigenvalue weighted by molar-refractivity contribution is -0.297. The lowest BCUT2D eigenvalue weighted by atomic mass is 9.67. The number of aliphatic hydroxyl groups is 4. The minimum Gasteiger partial charge on any atom is -0.459 e. The van der Waals surface area contributed by atoms with Crippen LogP contribution in [0.15, 0.2) is 12.2 Å². The number of carbonyl (C=O) groups is 2. The average molecular weight is 601 g/mol. The van der Waals surface area contributed by atoms with Gasteiger partial charge in [0, 0.05) is 31.3 Å². The molecule has 0 aromatic rings. The van der Waals surface area contributed by atoms with E-state index in [-0.39, 0.29) is 25.0 Å². The van der Waals surface area contributed by atoms with Crippen molar-refractivity contribution in [3.63, 3.8) is 0 Å². The van der Waals surface area contributed by atoms with Gasteiger partial charge in [0.2, 0.25) is 0 Å². The Morgan fingerprint density at radius 1 is 1.00 bits per heavy atom. The van der Waals surface area contributed by atoms with Crippen LogP contribution in [-0.2, 0) is 28.5 Å². The molecule has 0 radical (unpaired) electrons. The topological polar surface area (TPSA) is 152 Å². The first kappa shape index (κ1) is 36.8. The number of esters is 1. The van der Waals surface area contributed by atoms with Crippen molar-refractivity contribution in [3.8, 4) is 0 Å². The number of rotatable bonds is 5. The van der Waals surface area contributed by atoms with Gasteiger partial charge < -0.3 is 39.4 Å². The van der Waals surface area contributed by atoms with Gasteiger partial charge in [-0.05, 0) is 60.3 Å². The number of ether oxygens (including phenoxy) is 4. The van der Waals surface area contributed by atoms with Crippen LogP contribution in [0.4, 0.5) is 0 Å². The highest BCUT2D eigenvalue weighted by Gasteiger charge is 2.51. The molecule has 2 saturated heterocycles. The maximum Gasteiger partial charge on any atom is 0.311 e. The summed E-state index contributed by atoms with van der Waals surface area (Å²) in [6.45, 7) is 20.9. The summed E-state index contributed by atoms with van der Waals surface area (Å²) in [5.41, 5.74) is -3.70. The van der Waals surface area contributed by atoms with Gasteiger partial charge in [0.05, 0.1) is 35.4 Å². The first-order chi connectivity index (χ1) is 19.2. The van der Waals surface area contributed by atoms with Gasteiger partial charge in [-0.25, -0.2) is 0 Å². The zero-order valence-electron chi connectivity index (χ0n) is 27.4. The van der Waals surface area contributed by atoms with Crippen molar-refractivity contribution in [2.45, 2.75) is 142 Å². The fraction of sp³-hybridized carbons (Fsp3) is 0.875. The molecule has 2 fully saturated rings. The highest BCUT2D eigenvalue weighted by Crippen LogP contribution is 2.42. The smallest absolute Gasteiger partial charge is 0.311 e. The number of cyclic esters (lactones) is 1. The Hall–Kier alpha value is -1.40. The van der Waals surface area contributed by atoms with E-state index in [0.717, 1.165) is 0 Å². The number of hydrogen-bond acceptors (Lipinski definition) is 10. The molecule has 42 heavy (non-hydrogen) atoms. The molecule has 0 unspecified atom stereocenters. The SMILES string of the molecule is C=C(C)[C@@H]1[C@@H](C)[C@H](O[C@H]2C[C@@](C)(OC)[C@@H](O)[C@H](C)O2)[C@@H](C)C(=O)O[C@H](CC)[C@@](C)(O)[C@H](O)[C@@H](C)C(=O)[C@H](C)C[C@@]1(C)O. The summed E-state index contributed by atoms with van der Waals surface area (Å²) in [5, 5.41) is 45.1. The van der Waals surface area contributed by atoms with Gasteiger partial charge in [0.25, 0.3) is 0 Å². The fourth-order valence-corrected chi connectivity index (χ4v) is 7.35. The summed E-state index contributed by atoms with van der Waals surface area (Å²) in [6.07, 6.45) is -5.47. The van der Waals surface area contributed by atoms with Crippen LogP contribution < -0.4 is 0 Å². The third kappa shape index (κ3) is 7.45. The van der Waals surface area contributed by atoms with Crippen LogP contribution in [0.1, 0.15) is 88.5 Å². The van der Waals surface area contributed by atoms with Crippen molar-refractivity contribution in [1.29, 1.82) is 0 Å². The van der Waals surface area contributed by atoms with Gasteiger partial charge in [0.1, 0.15) is 23.6 Å². The summed E-state index contributed by atoms with van der Waals surface area (Å²) in [5.74, 6) is -4.67. The second-order valence-corrected chi connectivity index (χ2v) is 13.7. The van der Waals surface area contributed by atoms with Crippen molar-refractivity contribution < 1.29 is 49.0 Å². The third-order valence-electron chi connectivity index (χ3n) is 9.90. The average Bonchev–Trinajstić information content (AvgIpc) is 2.89. The highest BCUT2D eigenvalue weighted by atomic mass is 16.7. The highest BCUT2D eigenvalue weighted by molar-refractivity contribution is 5.83. The predicted molar refractivity (Wildman–Crippen MR) is 157 cm³/mol. The number of methoxy groups -OCH3 is 1. The largest absolute Gasteiger partial charge is 0.459 e. The third-order valence-corrected chi connectivity index (χ3v) is 9.90. The van der Waals surface area contributed by atoms with Crippen molar-refractivity contribution in [1.82, 2.24) is 0 Å². The maximum atomic E-state index is 13.7. The second kappa shape index (κ2) is 13.7. The molecule has 0 aromatic carbocycles. The second-order valence-electron chi connectivity index (χ2n) is 13.7. The summed E-state index contributed by atoms with van der Waals surface area (Å²) in [6, 6.07) is 0. The quantitative estimate of drug-likeness (QED) is 0.274. The fourth-order valence-electron chi connectivity index (χ4n) is 7.35. The molecule has 10 heteroatoms. The Bertz CT molecular complexity index is 963. The molecule has 2 heterocycles. The summed E-state index contributed by atoms with van der Waals surface area (Å²) >= 11 is 0. The first-order valence-corrected chi connectivity index (χ1v) is 15.2. The van der Waals surface area contributed by atoms with E-state index in [4.69, 9.17) is 18.9 Å². The number of hydrogen-bond donors (Lipinski definition) is 4. The van der Waals surface area contributed by atoms with E-state index in [1.54, 1.807) is 48.5 Å². The Morgan fingerprint density at radius 3 is 2.07 bits per heavy atom. The van der Waals surface area contributed by atoms with E-state index >= 15 is 0 Å². The van der Waals surface area contributed by atoms with E-state index in [1.165, 1.54) is 21.0 Å². The molecule has 0 amide bonds. The van der Waals surface area contributed by atoms with E-state index in [9.17, 15) is 30.0 Å². The van der Waals surface area contributed by atoms with Crippen molar-refractivity contribution >= 4 is 11.8 Å². The molecule has 0 aliphatic carbocycles. The van der Waals surface area contributed by atoms with E-state index in [2.05, 4.69) is 6.58 Å². The van der Waals surface area contributed by atoms with Crippen molar-refractivity contribution in [3.05, 3.63) is 12.2 Å². The van der Waals surface area contributed by atoms with Gasteiger partial charge in [-0.3, -0.25) is 9.59 Å². The minimum atomic E-state index is -1.92. The minimum absolute atomic E-state index is 0.0561. The van der Waals surface area contributed by atoms with Crippen molar-refractivity contribution in [2.24, 2.45) is 29.6 Å². The lowest BCUT2D eigenvalue weighted by Crippen LogP contribution is -2.58. The van der Waals surface area contributed by atoms with Crippen LogP contribution in [-0.4, -0.2) is 92.9 Å². The van der Waals surface area contributed by atoms with Crippen LogP contribution >= 0.6 is 0 Å². The Morgan fingerprint density at radius 2 is 1.57 bits per heavy atom. The van der Waals surface area contributed by atoms with Gasteiger partial charge in [-0.15, -0.1) is 0 Å². The van der Waals surface area contributed by atoms with E-state index in [1.807, 2.05) is 6.92 Å². The van der Waals surface area contributed by atoms with Gasteiger partial charge >= 0.3 is 5.97 Å². The zero-order chi connectivity index (χ0) is 32.5. The van der Waals surface area contributed by atoms with Gasteiger partial charge in [-0.2, -0.15) is 0 Å². The standard InChI is InChI=1S/C32H56O10/c1-13-22-32(11,38)27(34)19(6)25(33)17(4)14-30(9,37)24(16(2)3)18(5)26(20(7)29(36)41-22)42-23-15-31(10,39-12)28(35)21(8)40-23/h17-24,26-28,34-35,37-38H,2,13-15H2,1,3-12H3/t17-,18-,19+,20-,21+,22-,23+,24-,26+,27-,28+,30-,31-,32-/m1/s1. The van der Waals surface area contributed by atoms with Crippen LogP contribution in [0.25, 0.3) is 0 Å². The van der Waals surface area contributed by atoms with E-state index < -0.39 is 89.2 Å². The predicted octanol–water partition coefficient (Wildman–Crippen LogP) is 3.17. The molecule has 0 bridgehead atoms. The molecular weight excluding hydrogens is 544 g/mol. The van der Waals surface area contributed by atoms with Crippen LogP contribution in [0.2, 0.25) is 0 Å². The van der Waals surface area contributed by atoms with Crippen molar-refractivity contribution in [2.75, 3.05) is 7.11 Å². The van der Waals surface area contributed by atoms with Crippen LogP contribution in [0, 0.1) is 29.6 Å². The zero-order valence-corrected chi connectivity index (χ0v) is 27.4. The maximum absolute atomic E-state index is 13.7. The summed E-state index contributed by atoms with van der Waals surface area (Å²) in [7, 11) is 1.51. The number of aliphatic hydroxyl groups excluding tert-OH is 2. The Labute approximate surface area is 251 Å². The number of Topliss-reactive ketones (excluding diaryl/α,β-unsaturated/α-hetero) is 1. The van der Waals surface area contributed by atoms with Gasteiger partial charge in [-0.1, -0.05) is 39.8 Å². The monoisotopic (exact) mass is 600 g/mol. The Kier molecular flexibility index (Phi) is 12.0. The van der Waals surface area contributed by atoms with Crippen LogP contribution in [0.5, 0.6) is 0 Å². The van der Waals surface area contributed by atoms with Crippen LogP contribution in [0.3, 0.4) is 0 Å². The first-order valence-electron chi connectivity index (χ1n) is 15.2. The summed E-state index contributed by atoms with van der Waals surface area (Å²) in [4.78, 5) is 27.2. The number of carbonyl (C=O) groups excluding carboxylic acids is 2. The van der Waals surface area contributed by atoms with Gasteiger partial charge in [0.15, 0.2) is 6.29 Å². The number of ketones is 1. The molecule has 10 nitrogen and oxygen atoms in total. The molecule has 0 spiro atoms. The van der Waals surface area contributed by atoms with E-state index in [0.29, 0.717) is 5.57 Å². The normalized spacial score (nSPS) is 48.3. The lowest BCUT2D eigenvalue weighted by Gasteiger charge is -2.48. The molecule has 2 rings (SSSR count). The molecule has 14 atom stereocenters. The molecular formula is C32H56O10. The molecule has 0 aromatic heterocycles.